The van der Waals surface area contributed by atoms with Gasteiger partial charge in [-0.05, 0) is 31.2 Å². The van der Waals surface area contributed by atoms with Gasteiger partial charge >= 0.3 is 5.97 Å². The molecule has 0 aliphatic rings. The molecule has 0 bridgehead atoms. The summed E-state index contributed by atoms with van der Waals surface area (Å²) < 4.78 is 4.98. The summed E-state index contributed by atoms with van der Waals surface area (Å²) in [6.07, 6.45) is 2.58. The van der Waals surface area contributed by atoms with Gasteiger partial charge < -0.3 is 14.7 Å². The molecule has 0 saturated carbocycles. The van der Waals surface area contributed by atoms with E-state index in [-0.39, 0.29) is 11.5 Å². The van der Waals surface area contributed by atoms with Crippen LogP contribution in [0.3, 0.4) is 0 Å². The van der Waals surface area contributed by atoms with Crippen LogP contribution in [0, 0.1) is 0 Å². The van der Waals surface area contributed by atoms with Crippen molar-refractivity contribution in [2.75, 3.05) is 20.7 Å². The number of carbonyl (C=O) groups excluding carboxylic acids is 2. The van der Waals surface area contributed by atoms with Gasteiger partial charge in [0.25, 0.3) is 5.91 Å². The van der Waals surface area contributed by atoms with E-state index in [4.69, 9.17) is 4.74 Å². The normalized spacial score (nSPS) is 12.0. The number of ether oxygens (including phenoxy) is 1. The molecule has 0 aromatic heterocycles. The molecule has 0 radical (unpaired) electrons. The third-order valence-corrected chi connectivity index (χ3v) is 3.50. The van der Waals surface area contributed by atoms with Crippen LogP contribution in [-0.4, -0.2) is 42.6 Å². The number of aliphatic hydroxyl groups excluding tert-OH is 1. The molecule has 6 heteroatoms. The van der Waals surface area contributed by atoms with Gasteiger partial charge in [0.05, 0.1) is 11.5 Å². The lowest BCUT2D eigenvalue weighted by molar-refractivity contribution is -0.137. The second-order valence-electron chi connectivity index (χ2n) is 4.42. The Morgan fingerprint density at radius 2 is 1.86 bits per heavy atom. The molecule has 22 heavy (non-hydrogen) atoms. The zero-order valence-corrected chi connectivity index (χ0v) is 13.6. The van der Waals surface area contributed by atoms with Gasteiger partial charge in [-0.2, -0.15) is 0 Å². The summed E-state index contributed by atoms with van der Waals surface area (Å²) in [6.45, 7) is 1.96. The van der Waals surface area contributed by atoms with Crippen LogP contribution in [0.1, 0.15) is 6.92 Å². The van der Waals surface area contributed by atoms with Gasteiger partial charge in [0.1, 0.15) is 0 Å². The Morgan fingerprint density at radius 3 is 2.41 bits per heavy atom. The fourth-order valence-electron chi connectivity index (χ4n) is 1.42. The molecular weight excluding hydrogens is 302 g/mol. The molecule has 1 N–H and O–H groups in total. The summed E-state index contributed by atoms with van der Waals surface area (Å²) in [5.41, 5.74) is 0. The zero-order valence-electron chi connectivity index (χ0n) is 12.8. The Morgan fingerprint density at radius 1 is 1.23 bits per heavy atom. The molecule has 0 atom stereocenters. The maximum absolute atomic E-state index is 11.9. The number of hydrogen-bond acceptors (Lipinski definition) is 5. The van der Waals surface area contributed by atoms with Crippen LogP contribution in [-0.2, 0) is 14.3 Å². The number of aliphatic hydroxyl groups is 1. The van der Waals surface area contributed by atoms with Crippen molar-refractivity contribution in [2.45, 2.75) is 11.8 Å². The van der Waals surface area contributed by atoms with Crippen LogP contribution in [0.25, 0.3) is 0 Å². The predicted octanol–water partition coefficient (Wildman–Crippen LogP) is 2.76. The number of esters is 1. The average molecular weight is 321 g/mol. The Balaban J connectivity index is 2.99. The van der Waals surface area contributed by atoms with Crippen molar-refractivity contribution < 1.29 is 19.4 Å². The minimum atomic E-state index is -0.538. The van der Waals surface area contributed by atoms with Gasteiger partial charge in [0.2, 0.25) is 0 Å². The lowest BCUT2D eigenvalue weighted by Gasteiger charge is -2.09. The van der Waals surface area contributed by atoms with E-state index in [9.17, 15) is 14.7 Å². The maximum Gasteiger partial charge on any atom is 0.344 e. The first kappa shape index (κ1) is 17.8. The number of rotatable bonds is 6. The number of hydrogen-bond donors (Lipinski definition) is 1. The van der Waals surface area contributed by atoms with E-state index in [1.807, 2.05) is 30.3 Å². The van der Waals surface area contributed by atoms with Crippen molar-refractivity contribution in [1.29, 1.82) is 0 Å². The summed E-state index contributed by atoms with van der Waals surface area (Å²) in [5.74, 6) is -1.48. The first-order valence-corrected chi connectivity index (χ1v) is 7.50. The van der Waals surface area contributed by atoms with E-state index in [2.05, 4.69) is 0 Å². The molecule has 1 amide bonds. The number of amides is 1. The van der Waals surface area contributed by atoms with Gasteiger partial charge in [0, 0.05) is 19.0 Å². The van der Waals surface area contributed by atoms with Gasteiger partial charge in [-0.1, -0.05) is 30.0 Å². The topological polar surface area (TPSA) is 66.8 Å². The molecule has 1 aromatic rings. The summed E-state index contributed by atoms with van der Waals surface area (Å²) in [4.78, 5) is 25.9. The smallest absolute Gasteiger partial charge is 0.344 e. The number of nitrogens with zero attached hydrogens (tertiary/aromatic N) is 1. The van der Waals surface area contributed by atoms with E-state index in [0.717, 1.165) is 4.90 Å². The fourth-order valence-corrected chi connectivity index (χ4v) is 2.24. The highest BCUT2D eigenvalue weighted by Crippen LogP contribution is 2.27. The van der Waals surface area contributed by atoms with E-state index in [1.165, 1.54) is 42.9 Å². The molecule has 1 aromatic carbocycles. The van der Waals surface area contributed by atoms with Crippen molar-refractivity contribution in [3.8, 4) is 0 Å². The van der Waals surface area contributed by atoms with E-state index >= 15 is 0 Å². The van der Waals surface area contributed by atoms with Crippen LogP contribution < -0.4 is 0 Å². The first-order valence-electron chi connectivity index (χ1n) is 6.68. The Kier molecular flexibility index (Phi) is 7.25. The second kappa shape index (κ2) is 8.94. The standard InChI is InChI=1S/C16H19NO4S/c1-4-21-16(20)14(22-12-8-6-5-7-9-12)11-10-13(18)15(19)17(2)3/h5-11,18H,4H2,1-3H3/b13-10-,14-11+. The van der Waals surface area contributed by atoms with Crippen LogP contribution in [0.15, 0.2) is 58.0 Å². The zero-order chi connectivity index (χ0) is 16.5. The Hall–Kier alpha value is -2.21. The third kappa shape index (κ3) is 5.65. The Bertz CT molecular complexity index is 579. The van der Waals surface area contributed by atoms with E-state index in [1.54, 1.807) is 6.92 Å². The molecule has 0 aliphatic carbocycles. The number of carbonyl (C=O) groups is 2. The molecule has 0 saturated heterocycles. The van der Waals surface area contributed by atoms with E-state index < -0.39 is 17.6 Å². The SMILES string of the molecule is CCOC(=O)/C(=C\C=C(/O)C(=O)N(C)C)Sc1ccccc1. The van der Waals surface area contributed by atoms with Crippen molar-refractivity contribution in [2.24, 2.45) is 0 Å². The lowest BCUT2D eigenvalue weighted by Crippen LogP contribution is -2.23. The van der Waals surface area contributed by atoms with Gasteiger partial charge in [-0.3, -0.25) is 4.79 Å². The molecular formula is C16H19NO4S. The van der Waals surface area contributed by atoms with Gasteiger partial charge in [0.15, 0.2) is 5.76 Å². The number of likely N-dealkylation sites (N-methyl/N-ethyl adjacent to an activating group) is 1. The van der Waals surface area contributed by atoms with E-state index in [0.29, 0.717) is 0 Å². The largest absolute Gasteiger partial charge is 0.503 e. The van der Waals surface area contributed by atoms with Gasteiger partial charge in [-0.15, -0.1) is 0 Å². The summed E-state index contributed by atoms with van der Waals surface area (Å²) >= 11 is 1.20. The monoisotopic (exact) mass is 321 g/mol. The minimum Gasteiger partial charge on any atom is -0.503 e. The molecule has 1 rings (SSSR count). The van der Waals surface area contributed by atoms with Crippen LogP contribution in [0.2, 0.25) is 0 Å². The third-order valence-electron chi connectivity index (χ3n) is 2.47. The van der Waals surface area contributed by atoms with Crippen molar-refractivity contribution >= 4 is 23.6 Å². The molecule has 0 unspecified atom stereocenters. The maximum atomic E-state index is 11.9. The van der Waals surface area contributed by atoms with Crippen molar-refractivity contribution in [1.82, 2.24) is 4.90 Å². The van der Waals surface area contributed by atoms with Crippen molar-refractivity contribution in [3.63, 3.8) is 0 Å². The minimum absolute atomic E-state index is 0.248. The fraction of sp³-hybridized carbons (Fsp3) is 0.250. The second-order valence-corrected chi connectivity index (χ2v) is 5.53. The summed E-state index contributed by atoms with van der Waals surface area (Å²) in [5, 5.41) is 9.68. The molecule has 5 nitrogen and oxygen atoms in total. The lowest BCUT2D eigenvalue weighted by atomic mass is 10.3. The number of allylic oxidation sites excluding steroid dienone is 2. The highest BCUT2D eigenvalue weighted by Gasteiger charge is 2.13. The molecule has 0 fully saturated rings. The first-order chi connectivity index (χ1) is 10.5. The quantitative estimate of drug-likeness (QED) is 0.287. The van der Waals surface area contributed by atoms with Crippen LogP contribution >= 0.6 is 11.8 Å². The molecule has 0 spiro atoms. The predicted molar refractivity (Wildman–Crippen MR) is 86.4 cm³/mol. The molecule has 118 valence electrons. The summed E-state index contributed by atoms with van der Waals surface area (Å²) in [6, 6.07) is 9.29. The average Bonchev–Trinajstić information content (AvgIpc) is 2.51. The Labute approximate surface area is 134 Å². The van der Waals surface area contributed by atoms with Crippen LogP contribution in [0.4, 0.5) is 0 Å². The summed E-state index contributed by atoms with van der Waals surface area (Å²) in [7, 11) is 3.06. The van der Waals surface area contributed by atoms with Crippen LogP contribution in [0.5, 0.6) is 0 Å². The highest BCUT2D eigenvalue weighted by molar-refractivity contribution is 8.04. The number of benzene rings is 1. The highest BCUT2D eigenvalue weighted by atomic mass is 32.2. The van der Waals surface area contributed by atoms with Crippen molar-refractivity contribution in [3.05, 3.63) is 53.1 Å². The number of thioether (sulfide) groups is 1. The molecule has 0 heterocycles. The van der Waals surface area contributed by atoms with Gasteiger partial charge in [-0.25, -0.2) is 4.79 Å². The molecule has 0 aliphatic heterocycles.